The number of nitrogens with one attached hydrogen (secondary N) is 2. The Morgan fingerprint density at radius 2 is 2.25 bits per heavy atom. The molecule has 110 valence electrons. The fraction of sp³-hybridized carbons (Fsp3) is 0.583. The topological polar surface area (TPSA) is 101 Å². The third kappa shape index (κ3) is 3.53. The molecule has 0 spiro atoms. The van der Waals surface area contributed by atoms with Gasteiger partial charge in [-0.15, -0.1) is 11.3 Å². The van der Waals surface area contributed by atoms with Gasteiger partial charge in [0.2, 0.25) is 5.91 Å². The Balaban J connectivity index is 1.78. The predicted molar refractivity (Wildman–Crippen MR) is 72.9 cm³/mol. The van der Waals surface area contributed by atoms with E-state index in [2.05, 4.69) is 15.6 Å². The van der Waals surface area contributed by atoms with Crippen molar-refractivity contribution in [3.05, 3.63) is 15.6 Å². The zero-order valence-corrected chi connectivity index (χ0v) is 12.2. The molecule has 1 aromatic rings. The Bertz CT molecular complexity index is 525. The van der Waals surface area contributed by atoms with Crippen LogP contribution in [0, 0.1) is 6.92 Å². The van der Waals surface area contributed by atoms with Crippen LogP contribution in [0.3, 0.4) is 0 Å². The highest BCUT2D eigenvalue weighted by molar-refractivity contribution is 7.13. The fourth-order valence-electron chi connectivity index (χ4n) is 1.77. The number of carboxylic acids is 1. The van der Waals surface area contributed by atoms with Crippen LogP contribution in [0.15, 0.2) is 0 Å². The lowest BCUT2D eigenvalue weighted by molar-refractivity contribution is -0.136. The van der Waals surface area contributed by atoms with Gasteiger partial charge in [0.05, 0.1) is 17.8 Å². The molecule has 0 aliphatic carbocycles. The van der Waals surface area contributed by atoms with Gasteiger partial charge < -0.3 is 20.5 Å². The lowest BCUT2D eigenvalue weighted by Crippen LogP contribution is -2.59. The molecule has 2 rings (SSSR count). The van der Waals surface area contributed by atoms with Crippen molar-refractivity contribution in [2.75, 3.05) is 19.7 Å². The zero-order chi connectivity index (χ0) is 14.8. The predicted octanol–water partition coefficient (Wildman–Crippen LogP) is 0.144. The molecule has 1 saturated heterocycles. The number of thiazole rings is 1. The molecule has 2 heterocycles. The Hall–Kier alpha value is -1.51. The minimum atomic E-state index is -0.994. The number of carbonyl (C=O) groups excluding carboxylic acids is 1. The minimum Gasteiger partial charge on any atom is -0.477 e. The molecule has 1 aliphatic rings. The van der Waals surface area contributed by atoms with Crippen LogP contribution < -0.4 is 10.6 Å². The Kier molecular flexibility index (Phi) is 4.36. The van der Waals surface area contributed by atoms with Gasteiger partial charge in [0.1, 0.15) is 16.5 Å². The van der Waals surface area contributed by atoms with E-state index < -0.39 is 5.97 Å². The first-order valence-corrected chi connectivity index (χ1v) is 7.02. The number of aromatic carboxylic acids is 1. The maximum absolute atomic E-state index is 11.6. The quantitative estimate of drug-likeness (QED) is 0.691. The summed E-state index contributed by atoms with van der Waals surface area (Å²) in [5.74, 6) is -1.23. The van der Waals surface area contributed by atoms with E-state index in [4.69, 9.17) is 9.84 Å². The molecule has 0 radical (unpaired) electrons. The average molecular weight is 299 g/mol. The Morgan fingerprint density at radius 1 is 1.55 bits per heavy atom. The van der Waals surface area contributed by atoms with Crippen molar-refractivity contribution in [3.8, 4) is 0 Å². The molecule has 0 saturated carbocycles. The summed E-state index contributed by atoms with van der Waals surface area (Å²) in [6.07, 6.45) is 0. The van der Waals surface area contributed by atoms with Crippen LogP contribution in [0.25, 0.3) is 0 Å². The number of amides is 1. The number of aryl methyl sites for hydroxylation is 1. The van der Waals surface area contributed by atoms with Crippen LogP contribution in [-0.2, 0) is 16.1 Å². The van der Waals surface area contributed by atoms with Gasteiger partial charge in [-0.05, 0) is 13.8 Å². The van der Waals surface area contributed by atoms with Crippen LogP contribution in [0.4, 0.5) is 0 Å². The van der Waals surface area contributed by atoms with Crippen molar-refractivity contribution in [1.82, 2.24) is 15.6 Å². The van der Waals surface area contributed by atoms with Crippen molar-refractivity contribution >= 4 is 23.2 Å². The molecule has 1 aromatic heterocycles. The standard InChI is InChI=1S/C12H17N3O4S/c1-7-10(11(17)18)20-9(15-7)3-14-8(16)4-19-12(2)5-13-6-12/h13H,3-6H2,1-2H3,(H,14,16)(H,17,18). The van der Waals surface area contributed by atoms with E-state index >= 15 is 0 Å². The first kappa shape index (κ1) is 14.9. The summed E-state index contributed by atoms with van der Waals surface area (Å²) in [4.78, 5) is 26.8. The molecule has 1 fully saturated rings. The highest BCUT2D eigenvalue weighted by Gasteiger charge is 2.32. The lowest BCUT2D eigenvalue weighted by atomic mass is 10.0. The molecule has 1 aliphatic heterocycles. The molecule has 20 heavy (non-hydrogen) atoms. The maximum atomic E-state index is 11.6. The normalized spacial score (nSPS) is 16.5. The van der Waals surface area contributed by atoms with E-state index in [1.54, 1.807) is 6.92 Å². The van der Waals surface area contributed by atoms with Crippen LogP contribution in [0.2, 0.25) is 0 Å². The number of carboxylic acid groups (broad SMARTS) is 1. The smallest absolute Gasteiger partial charge is 0.347 e. The van der Waals surface area contributed by atoms with Crippen LogP contribution in [0.5, 0.6) is 0 Å². The van der Waals surface area contributed by atoms with E-state index in [9.17, 15) is 9.59 Å². The number of ether oxygens (including phenoxy) is 1. The molecule has 0 bridgehead atoms. The summed E-state index contributed by atoms with van der Waals surface area (Å²) in [5.41, 5.74) is 0.210. The van der Waals surface area contributed by atoms with Crippen molar-refractivity contribution < 1.29 is 19.4 Å². The van der Waals surface area contributed by atoms with Crippen molar-refractivity contribution in [2.45, 2.75) is 26.0 Å². The van der Waals surface area contributed by atoms with Gasteiger partial charge in [-0.3, -0.25) is 4.79 Å². The maximum Gasteiger partial charge on any atom is 0.347 e. The molecule has 0 atom stereocenters. The Labute approximate surface area is 120 Å². The summed E-state index contributed by atoms with van der Waals surface area (Å²) in [5, 5.41) is 15.2. The van der Waals surface area contributed by atoms with Crippen LogP contribution in [0.1, 0.15) is 27.3 Å². The largest absolute Gasteiger partial charge is 0.477 e. The molecule has 1 amide bonds. The van der Waals surface area contributed by atoms with E-state index in [-0.39, 0.29) is 29.5 Å². The molecule has 0 aromatic carbocycles. The SMILES string of the molecule is Cc1nc(CNC(=O)COC2(C)CNC2)sc1C(=O)O. The molecular weight excluding hydrogens is 282 g/mol. The number of rotatable bonds is 6. The third-order valence-electron chi connectivity index (χ3n) is 3.02. The third-order valence-corrected chi connectivity index (χ3v) is 4.17. The molecular formula is C12H17N3O4S. The van der Waals surface area contributed by atoms with E-state index in [1.165, 1.54) is 0 Å². The number of aromatic nitrogens is 1. The molecule has 7 nitrogen and oxygen atoms in total. The number of hydrogen-bond acceptors (Lipinski definition) is 6. The van der Waals surface area contributed by atoms with Gasteiger partial charge in [0.15, 0.2) is 0 Å². The molecule has 3 N–H and O–H groups in total. The van der Waals surface area contributed by atoms with Gasteiger partial charge in [-0.1, -0.05) is 0 Å². The van der Waals surface area contributed by atoms with Crippen molar-refractivity contribution in [1.29, 1.82) is 0 Å². The average Bonchev–Trinajstić information content (AvgIpc) is 2.73. The molecule has 0 unspecified atom stereocenters. The second-order valence-electron chi connectivity index (χ2n) is 4.95. The van der Waals surface area contributed by atoms with Gasteiger partial charge in [0, 0.05) is 13.1 Å². The van der Waals surface area contributed by atoms with Gasteiger partial charge >= 0.3 is 5.97 Å². The van der Waals surface area contributed by atoms with E-state index in [0.29, 0.717) is 10.7 Å². The summed E-state index contributed by atoms with van der Waals surface area (Å²) < 4.78 is 5.50. The van der Waals surface area contributed by atoms with E-state index in [1.807, 2.05) is 6.92 Å². The first-order chi connectivity index (χ1) is 9.39. The highest BCUT2D eigenvalue weighted by atomic mass is 32.1. The second-order valence-corrected chi connectivity index (χ2v) is 6.03. The molecule has 8 heteroatoms. The Morgan fingerprint density at radius 3 is 2.75 bits per heavy atom. The van der Waals surface area contributed by atoms with Gasteiger partial charge in [-0.2, -0.15) is 0 Å². The highest BCUT2D eigenvalue weighted by Crippen LogP contribution is 2.18. The number of hydrogen-bond donors (Lipinski definition) is 3. The fourth-order valence-corrected chi connectivity index (χ4v) is 2.61. The van der Waals surface area contributed by atoms with E-state index in [0.717, 1.165) is 24.4 Å². The minimum absolute atomic E-state index is 0.00563. The summed E-state index contributed by atoms with van der Waals surface area (Å²) in [6.45, 7) is 5.28. The summed E-state index contributed by atoms with van der Waals surface area (Å²) in [7, 11) is 0. The first-order valence-electron chi connectivity index (χ1n) is 6.20. The second kappa shape index (κ2) is 5.86. The monoisotopic (exact) mass is 299 g/mol. The lowest BCUT2D eigenvalue weighted by Gasteiger charge is -2.38. The van der Waals surface area contributed by atoms with Crippen molar-refractivity contribution in [3.63, 3.8) is 0 Å². The van der Waals surface area contributed by atoms with Crippen LogP contribution >= 0.6 is 11.3 Å². The zero-order valence-electron chi connectivity index (χ0n) is 11.4. The van der Waals surface area contributed by atoms with Gasteiger partial charge in [-0.25, -0.2) is 9.78 Å². The number of nitrogens with zero attached hydrogens (tertiary/aromatic N) is 1. The summed E-state index contributed by atoms with van der Waals surface area (Å²) in [6, 6.07) is 0. The number of carbonyl (C=O) groups is 2. The van der Waals surface area contributed by atoms with Crippen molar-refractivity contribution in [2.24, 2.45) is 0 Å². The van der Waals surface area contributed by atoms with Crippen LogP contribution in [-0.4, -0.2) is 47.3 Å². The summed E-state index contributed by atoms with van der Waals surface area (Å²) >= 11 is 1.07. The van der Waals surface area contributed by atoms with Gasteiger partial charge in [0.25, 0.3) is 0 Å².